The zero-order valence-corrected chi connectivity index (χ0v) is 20.0. The van der Waals surface area contributed by atoms with Crippen molar-refractivity contribution in [2.24, 2.45) is 4.99 Å². The van der Waals surface area contributed by atoms with E-state index < -0.39 is 0 Å². The number of nitrogens with one attached hydrogen (secondary N) is 1. The van der Waals surface area contributed by atoms with Crippen LogP contribution in [0.1, 0.15) is 63.6 Å². The second-order valence-corrected chi connectivity index (χ2v) is 10.5. The van der Waals surface area contributed by atoms with E-state index in [2.05, 4.69) is 68.0 Å². The van der Waals surface area contributed by atoms with Crippen molar-refractivity contribution in [2.45, 2.75) is 65.5 Å². The van der Waals surface area contributed by atoms with Crippen LogP contribution in [-0.4, -0.2) is 22.7 Å². The van der Waals surface area contributed by atoms with Gasteiger partial charge in [-0.05, 0) is 99.7 Å². The highest BCUT2D eigenvalue weighted by Crippen LogP contribution is 2.45. The fourth-order valence-corrected chi connectivity index (χ4v) is 5.80. The molecule has 1 atom stereocenters. The Kier molecular flexibility index (Phi) is 5.73. The number of amides is 1. The fraction of sp³-hybridized carbons (Fsp3) is 0.385. The summed E-state index contributed by atoms with van der Waals surface area (Å²) in [4.78, 5) is 20.4. The Hall–Kier alpha value is -2.53. The number of fused-ring (bicyclic) bond motifs is 1. The molecule has 4 nitrogen and oxygen atoms in total. The van der Waals surface area contributed by atoms with Crippen LogP contribution >= 0.6 is 11.8 Å². The van der Waals surface area contributed by atoms with E-state index in [4.69, 9.17) is 0 Å². The van der Waals surface area contributed by atoms with Crippen molar-refractivity contribution < 1.29 is 4.79 Å². The van der Waals surface area contributed by atoms with Gasteiger partial charge in [0.25, 0.3) is 5.91 Å². The number of hydrogen-bond acceptors (Lipinski definition) is 4. The largest absolute Gasteiger partial charge is 0.364 e. The number of aliphatic imine (C=N–C) groups is 1. The van der Waals surface area contributed by atoms with Crippen molar-refractivity contribution >= 4 is 40.3 Å². The number of carbonyl (C=O) groups is 1. The van der Waals surface area contributed by atoms with Crippen LogP contribution in [0.25, 0.3) is 6.08 Å². The molecule has 5 heteroatoms. The highest BCUT2D eigenvalue weighted by molar-refractivity contribution is 8.18. The number of para-hydroxylation sites is 1. The first-order chi connectivity index (χ1) is 14.7. The van der Waals surface area contributed by atoms with Gasteiger partial charge in [-0.2, -0.15) is 0 Å². The van der Waals surface area contributed by atoms with E-state index in [9.17, 15) is 4.79 Å². The fourth-order valence-electron chi connectivity index (χ4n) is 4.97. The third-order valence-corrected chi connectivity index (χ3v) is 7.01. The molecule has 0 spiro atoms. The lowest BCUT2D eigenvalue weighted by Gasteiger charge is -2.50. The average molecular weight is 434 g/mol. The number of hydrogen-bond donors (Lipinski definition) is 1. The number of rotatable bonds is 3. The Labute approximate surface area is 189 Å². The quantitative estimate of drug-likeness (QED) is 0.571. The molecule has 2 aromatic rings. The number of benzene rings is 2. The smallest absolute Gasteiger partial charge is 0.264 e. The molecular weight excluding hydrogens is 402 g/mol. The highest BCUT2D eigenvalue weighted by atomic mass is 32.2. The van der Waals surface area contributed by atoms with Crippen molar-refractivity contribution in [3.8, 4) is 0 Å². The van der Waals surface area contributed by atoms with E-state index in [-0.39, 0.29) is 11.4 Å². The zero-order valence-electron chi connectivity index (χ0n) is 19.2. The van der Waals surface area contributed by atoms with Crippen LogP contribution in [0.2, 0.25) is 0 Å². The Morgan fingerprint density at radius 1 is 1.23 bits per heavy atom. The molecule has 0 aromatic heterocycles. The van der Waals surface area contributed by atoms with Gasteiger partial charge in [-0.25, -0.2) is 4.99 Å². The van der Waals surface area contributed by atoms with Gasteiger partial charge >= 0.3 is 0 Å². The summed E-state index contributed by atoms with van der Waals surface area (Å²) in [7, 11) is 0. The van der Waals surface area contributed by atoms with Gasteiger partial charge in [0.05, 0.1) is 10.6 Å². The summed E-state index contributed by atoms with van der Waals surface area (Å²) in [6, 6.07) is 15.0. The average Bonchev–Trinajstić information content (AvgIpc) is 3.02. The molecule has 4 rings (SSSR count). The van der Waals surface area contributed by atoms with Crippen LogP contribution in [0, 0.1) is 6.92 Å². The van der Waals surface area contributed by atoms with Crippen LogP contribution < -0.4 is 10.2 Å². The summed E-state index contributed by atoms with van der Waals surface area (Å²) in [5, 5.41) is 3.53. The topological polar surface area (TPSA) is 44.7 Å². The SMILES string of the molecule is Cc1ccccc1N=C1NC(=O)/C(=C/c2ccc3c(c2)C(C)CC(C)(C)N3C(C)C)S1. The molecule has 162 valence electrons. The molecule has 2 aliphatic heterocycles. The number of aryl methyl sites for hydroxylation is 1. The van der Waals surface area contributed by atoms with Crippen LogP contribution in [0.3, 0.4) is 0 Å². The molecule has 1 amide bonds. The van der Waals surface area contributed by atoms with Crippen LogP contribution in [-0.2, 0) is 4.79 Å². The second-order valence-electron chi connectivity index (χ2n) is 9.47. The number of carbonyl (C=O) groups excluding carboxylic acids is 1. The molecule has 1 fully saturated rings. The maximum atomic E-state index is 12.6. The van der Waals surface area contributed by atoms with Gasteiger partial charge in [-0.3, -0.25) is 4.79 Å². The van der Waals surface area contributed by atoms with Gasteiger partial charge in [0.1, 0.15) is 0 Å². The molecule has 1 saturated heterocycles. The first kappa shape index (κ1) is 21.7. The van der Waals surface area contributed by atoms with Gasteiger partial charge in [0.15, 0.2) is 5.17 Å². The normalized spacial score (nSPS) is 22.9. The molecule has 0 aliphatic carbocycles. The van der Waals surface area contributed by atoms with Gasteiger partial charge in [0, 0.05) is 17.3 Å². The van der Waals surface area contributed by atoms with E-state index in [0.29, 0.717) is 22.0 Å². The predicted octanol–water partition coefficient (Wildman–Crippen LogP) is 6.39. The summed E-state index contributed by atoms with van der Waals surface area (Å²) in [5.74, 6) is 0.384. The Balaban J connectivity index is 1.64. The standard InChI is InChI=1S/C26H31N3OS/c1-16(2)29-22-12-11-19(13-20(22)18(4)15-26(29,5)6)14-23-24(30)28-25(31-23)27-21-10-8-7-9-17(21)3/h7-14,16,18H,15H2,1-6H3,(H,27,28,30)/b23-14-. The second kappa shape index (κ2) is 8.19. The van der Waals surface area contributed by atoms with E-state index in [1.807, 2.05) is 37.3 Å². The molecule has 0 radical (unpaired) electrons. The summed E-state index contributed by atoms with van der Waals surface area (Å²) < 4.78 is 0. The van der Waals surface area contributed by atoms with E-state index in [0.717, 1.165) is 23.2 Å². The molecule has 1 unspecified atom stereocenters. The lowest BCUT2D eigenvalue weighted by Crippen LogP contribution is -2.51. The molecule has 0 bridgehead atoms. The molecule has 2 aromatic carbocycles. The van der Waals surface area contributed by atoms with Crippen LogP contribution in [0.15, 0.2) is 52.4 Å². The third-order valence-electron chi connectivity index (χ3n) is 6.10. The zero-order chi connectivity index (χ0) is 22.3. The maximum absolute atomic E-state index is 12.6. The lowest BCUT2D eigenvalue weighted by molar-refractivity contribution is -0.115. The molecule has 2 aliphatic rings. The minimum atomic E-state index is -0.0898. The van der Waals surface area contributed by atoms with Crippen molar-refractivity contribution in [3.05, 3.63) is 64.1 Å². The highest BCUT2D eigenvalue weighted by Gasteiger charge is 2.37. The van der Waals surface area contributed by atoms with Crippen molar-refractivity contribution in [3.63, 3.8) is 0 Å². The molecule has 2 heterocycles. The lowest BCUT2D eigenvalue weighted by atomic mass is 9.79. The molecule has 0 saturated carbocycles. The first-order valence-corrected chi connectivity index (χ1v) is 11.8. The molecular formula is C26H31N3OS. The monoisotopic (exact) mass is 433 g/mol. The number of amidine groups is 1. The van der Waals surface area contributed by atoms with Gasteiger partial charge < -0.3 is 10.2 Å². The van der Waals surface area contributed by atoms with E-state index >= 15 is 0 Å². The first-order valence-electron chi connectivity index (χ1n) is 10.9. The van der Waals surface area contributed by atoms with Crippen LogP contribution in [0.4, 0.5) is 11.4 Å². The van der Waals surface area contributed by atoms with Gasteiger partial charge in [-0.15, -0.1) is 0 Å². The Morgan fingerprint density at radius 2 is 1.97 bits per heavy atom. The minimum absolute atomic E-state index is 0.0898. The van der Waals surface area contributed by atoms with E-state index in [1.165, 1.54) is 23.0 Å². The van der Waals surface area contributed by atoms with E-state index in [1.54, 1.807) is 0 Å². The summed E-state index contributed by atoms with van der Waals surface area (Å²) >= 11 is 1.40. The summed E-state index contributed by atoms with van der Waals surface area (Å²) in [6.45, 7) is 13.5. The predicted molar refractivity (Wildman–Crippen MR) is 133 cm³/mol. The van der Waals surface area contributed by atoms with Crippen molar-refractivity contribution in [1.29, 1.82) is 0 Å². The third kappa shape index (κ3) is 4.29. The molecule has 1 N–H and O–H groups in total. The Morgan fingerprint density at radius 3 is 2.68 bits per heavy atom. The summed E-state index contributed by atoms with van der Waals surface area (Å²) in [6.07, 6.45) is 3.09. The number of thioether (sulfide) groups is 1. The Bertz CT molecular complexity index is 1080. The van der Waals surface area contributed by atoms with Crippen LogP contribution in [0.5, 0.6) is 0 Å². The maximum Gasteiger partial charge on any atom is 0.264 e. The van der Waals surface area contributed by atoms with Crippen molar-refractivity contribution in [1.82, 2.24) is 5.32 Å². The number of anilines is 1. The van der Waals surface area contributed by atoms with Gasteiger partial charge in [0.2, 0.25) is 0 Å². The van der Waals surface area contributed by atoms with Crippen molar-refractivity contribution in [2.75, 3.05) is 4.90 Å². The molecule has 31 heavy (non-hydrogen) atoms. The summed E-state index contributed by atoms with van der Waals surface area (Å²) in [5.41, 5.74) is 5.83. The van der Waals surface area contributed by atoms with Gasteiger partial charge in [-0.1, -0.05) is 31.2 Å². The minimum Gasteiger partial charge on any atom is -0.364 e. The number of nitrogens with zero attached hydrogens (tertiary/aromatic N) is 2.